The van der Waals surface area contributed by atoms with E-state index in [4.69, 9.17) is 20.9 Å². The molecule has 1 amide bonds. The first-order chi connectivity index (χ1) is 14.5. The van der Waals surface area contributed by atoms with Crippen LogP contribution in [-0.4, -0.2) is 90.1 Å². The van der Waals surface area contributed by atoms with Crippen molar-refractivity contribution in [3.05, 3.63) is 0 Å². The Kier molecular flexibility index (Phi) is 27.9. The molecule has 1 aliphatic carbocycles. The summed E-state index contributed by atoms with van der Waals surface area (Å²) in [5.74, 6) is 0.586. The van der Waals surface area contributed by atoms with Gasteiger partial charge in [-0.25, -0.2) is 0 Å². The van der Waals surface area contributed by atoms with Crippen LogP contribution in [0.25, 0.3) is 0 Å². The van der Waals surface area contributed by atoms with Crippen LogP contribution in [0.15, 0.2) is 2.80 Å². The molecule has 0 saturated heterocycles. The fourth-order valence-electron chi connectivity index (χ4n) is 3.07. The summed E-state index contributed by atoms with van der Waals surface area (Å²) in [4.78, 5) is 13.8. The Bertz CT molecular complexity index is 395. The van der Waals surface area contributed by atoms with E-state index in [9.17, 15) is 4.79 Å². The normalized spacial score (nSPS) is 14.1. The number of halogens is 1. The van der Waals surface area contributed by atoms with Crippen LogP contribution in [0, 0.1) is 5.92 Å². The van der Waals surface area contributed by atoms with Gasteiger partial charge < -0.3 is 25.4 Å². The molecule has 1 rings (SSSR count). The molecule has 0 spiro atoms. The topological polar surface area (TPSA) is 115 Å². The second-order valence-corrected chi connectivity index (χ2v) is 12.7. The molecule has 0 aromatic carbocycles. The summed E-state index contributed by atoms with van der Waals surface area (Å²) in [6.07, 6.45) is 8.56. The maximum absolute atomic E-state index is 12.0. The van der Waals surface area contributed by atoms with Crippen molar-refractivity contribution in [2.24, 2.45) is 20.2 Å². The standard InChI is InChI=1S/C15H30N2O3.C4H11N.CH3N2.HI.Pb/c1-3-19-15(20-4-2)12-17(14(18)10-16)11-13-8-6-5-7-9-13;1-3-4-5-2;2-1-3;;/h13,15H,3-12,16H2,1-2H3;5H,3-4H2,1-2H3;1H,(H2-,2,3);1H;/q;;-1;;+2/p-1. The molecule has 1 fully saturated rings. The fourth-order valence-corrected chi connectivity index (χ4v) is 4.70. The van der Waals surface area contributed by atoms with Gasteiger partial charge in [0.15, 0.2) is 6.29 Å². The van der Waals surface area contributed by atoms with Gasteiger partial charge in [-0.1, -0.05) is 26.2 Å². The number of hydrogen-bond acceptors (Lipinski definition) is 6. The van der Waals surface area contributed by atoms with Crippen molar-refractivity contribution in [1.82, 2.24) is 10.2 Å². The minimum absolute atomic E-state index is 0.0139. The molecule has 10 heteroatoms. The third-order valence-corrected chi connectivity index (χ3v) is 7.83. The molecule has 30 heavy (non-hydrogen) atoms. The number of nitrogens with two attached hydrogens (primary N) is 2. The quantitative estimate of drug-likeness (QED) is 0.0933. The van der Waals surface area contributed by atoms with E-state index in [0.717, 1.165) is 13.1 Å². The van der Waals surface area contributed by atoms with Crippen LogP contribution in [0.4, 0.5) is 0 Å². The van der Waals surface area contributed by atoms with Crippen molar-refractivity contribution in [2.45, 2.75) is 65.6 Å². The summed E-state index contributed by atoms with van der Waals surface area (Å²) in [5, 5.41) is 3.02. The van der Waals surface area contributed by atoms with Crippen LogP contribution < -0.4 is 16.8 Å². The molecule has 5 N–H and O–H groups in total. The van der Waals surface area contributed by atoms with Crippen LogP contribution in [0.1, 0.15) is 59.3 Å². The number of carbonyl (C=O) groups excluding carboxylic acids is 1. The SMILES string of the molecule is CCCNC.CCOC(CN(CC1CCCCC1)C(=O)CN)OCC.N/C=[N]/[Pb][I]. The third-order valence-electron chi connectivity index (χ3n) is 4.43. The summed E-state index contributed by atoms with van der Waals surface area (Å²) in [6.45, 7) is 9.64. The monoisotopic (exact) mass is 737 g/mol. The van der Waals surface area contributed by atoms with Gasteiger partial charge in [0.2, 0.25) is 5.91 Å². The van der Waals surface area contributed by atoms with Crippen molar-refractivity contribution in [3.8, 4) is 0 Å². The Morgan fingerprint density at radius 1 is 1.27 bits per heavy atom. The van der Waals surface area contributed by atoms with Crippen molar-refractivity contribution in [3.63, 3.8) is 0 Å². The van der Waals surface area contributed by atoms with Gasteiger partial charge in [0, 0.05) is 19.8 Å². The van der Waals surface area contributed by atoms with Crippen LogP contribution >= 0.6 is 17.8 Å². The molecule has 0 unspecified atom stereocenters. The third kappa shape index (κ3) is 20.3. The van der Waals surface area contributed by atoms with Crippen LogP contribution in [-0.2, 0) is 14.3 Å². The van der Waals surface area contributed by atoms with Crippen LogP contribution in [0.5, 0.6) is 0 Å². The second kappa shape index (κ2) is 25.7. The first-order valence-corrected chi connectivity index (χ1v) is 23.7. The van der Waals surface area contributed by atoms with E-state index in [1.807, 2.05) is 25.8 Å². The Morgan fingerprint density at radius 2 is 1.87 bits per heavy atom. The molecule has 178 valence electrons. The molecule has 0 aromatic rings. The molecule has 8 nitrogen and oxygen atoms in total. The van der Waals surface area contributed by atoms with Gasteiger partial charge in [-0.3, -0.25) is 4.79 Å². The molecule has 0 bridgehead atoms. The molecular formula is C20H44IN5O3Pb. The predicted molar refractivity (Wildman–Crippen MR) is 136 cm³/mol. The fraction of sp³-hybridized carbons (Fsp3) is 0.900. The molecule has 0 aromatic heterocycles. The van der Waals surface area contributed by atoms with Crippen LogP contribution in [0.2, 0.25) is 0 Å². The number of nitrogens with one attached hydrogen (secondary N) is 1. The van der Waals surface area contributed by atoms with Gasteiger partial charge in [0.25, 0.3) is 0 Å². The zero-order chi connectivity index (χ0) is 23.0. The maximum atomic E-state index is 12.0. The van der Waals surface area contributed by atoms with E-state index in [1.54, 1.807) is 0 Å². The number of hydrogen-bond donors (Lipinski definition) is 3. The molecular weight excluding hydrogens is 692 g/mol. The van der Waals surface area contributed by atoms with Gasteiger partial charge in [0.1, 0.15) is 0 Å². The van der Waals surface area contributed by atoms with Gasteiger partial charge in [0.05, 0.1) is 13.1 Å². The Morgan fingerprint density at radius 3 is 2.20 bits per heavy atom. The summed E-state index contributed by atoms with van der Waals surface area (Å²) in [6, 6.07) is 0. The Hall–Kier alpha value is 0.432. The summed E-state index contributed by atoms with van der Waals surface area (Å²) in [5.41, 5.74) is 10.4. The van der Waals surface area contributed by atoms with E-state index in [-0.39, 0.29) is 18.7 Å². The van der Waals surface area contributed by atoms with Crippen molar-refractivity contribution < 1.29 is 14.3 Å². The van der Waals surface area contributed by atoms with Gasteiger partial charge in [-0.2, -0.15) is 0 Å². The molecule has 0 aliphatic heterocycles. The van der Waals surface area contributed by atoms with Crippen molar-refractivity contribution in [1.29, 1.82) is 0 Å². The van der Waals surface area contributed by atoms with Crippen molar-refractivity contribution in [2.75, 3.05) is 46.4 Å². The van der Waals surface area contributed by atoms with E-state index in [1.165, 1.54) is 44.9 Å². The average Bonchev–Trinajstić information content (AvgIpc) is 2.76. The molecule has 2 radical (unpaired) electrons. The van der Waals surface area contributed by atoms with Gasteiger partial charge in [-0.15, -0.1) is 0 Å². The molecule has 1 aliphatic rings. The zero-order valence-electron chi connectivity index (χ0n) is 19.4. The summed E-state index contributed by atoms with van der Waals surface area (Å²) >= 11 is 1.76. The number of nitrogens with zero attached hydrogens (tertiary/aromatic N) is 2. The minimum atomic E-state index is -0.544. The average molecular weight is 737 g/mol. The molecule has 0 atom stereocenters. The molecule has 0 heterocycles. The number of carbonyl (C=O) groups is 1. The number of amides is 1. The van der Waals surface area contributed by atoms with E-state index in [0.29, 0.717) is 25.7 Å². The molecule has 1 saturated carbocycles. The summed E-state index contributed by atoms with van der Waals surface area (Å²) < 4.78 is 14.9. The summed E-state index contributed by atoms with van der Waals surface area (Å²) in [7, 11) is 1.96. The predicted octanol–water partition coefficient (Wildman–Crippen LogP) is 2.31. The van der Waals surface area contributed by atoms with Crippen molar-refractivity contribution >= 4 is 50.2 Å². The Balaban J connectivity index is 0. The Labute approximate surface area is 205 Å². The van der Waals surface area contributed by atoms with Gasteiger partial charge in [-0.05, 0) is 52.6 Å². The van der Waals surface area contributed by atoms with E-state index >= 15 is 0 Å². The van der Waals surface area contributed by atoms with Gasteiger partial charge >= 0.3 is 52.9 Å². The second-order valence-electron chi connectivity index (χ2n) is 6.81. The number of rotatable bonds is 12. The first-order valence-electron chi connectivity index (χ1n) is 11.0. The van der Waals surface area contributed by atoms with E-state index < -0.39 is 20.2 Å². The number of ether oxygens (including phenoxy) is 2. The van der Waals surface area contributed by atoms with E-state index in [2.05, 4.69) is 32.8 Å². The first kappa shape index (κ1) is 32.6. The zero-order valence-corrected chi connectivity index (χ0v) is 25.4. The van der Waals surface area contributed by atoms with Crippen LogP contribution in [0.3, 0.4) is 0 Å².